The zero-order valence-corrected chi connectivity index (χ0v) is 12.8. The number of carbonyl (C=O) groups is 1. The third-order valence-corrected chi connectivity index (χ3v) is 5.29. The van der Waals surface area contributed by atoms with Gasteiger partial charge in [0.25, 0.3) is 0 Å². The van der Waals surface area contributed by atoms with Gasteiger partial charge >= 0.3 is 0 Å². The molecule has 1 aromatic carbocycles. The van der Waals surface area contributed by atoms with Gasteiger partial charge in [-0.1, -0.05) is 24.3 Å². The number of amides is 1. The molecule has 0 spiro atoms. The lowest BCUT2D eigenvalue weighted by molar-refractivity contribution is -0.127. The van der Waals surface area contributed by atoms with Gasteiger partial charge < -0.3 is 4.90 Å². The van der Waals surface area contributed by atoms with Gasteiger partial charge in [-0.05, 0) is 17.4 Å². The summed E-state index contributed by atoms with van der Waals surface area (Å²) in [6.45, 7) is 0.649. The van der Waals surface area contributed by atoms with Crippen LogP contribution in [0.5, 0.6) is 0 Å². The van der Waals surface area contributed by atoms with Gasteiger partial charge in [-0.2, -0.15) is 0 Å². The Balaban J connectivity index is 1.74. The maximum absolute atomic E-state index is 11.9. The number of fused-ring (bicyclic) bond motifs is 1. The molecule has 0 radical (unpaired) electrons. The smallest absolute Gasteiger partial charge is 0.224 e. The van der Waals surface area contributed by atoms with Crippen LogP contribution < -0.4 is 5.14 Å². The summed E-state index contributed by atoms with van der Waals surface area (Å²) in [7, 11) is -3.66. The minimum atomic E-state index is -3.66. The van der Waals surface area contributed by atoms with Crippen molar-refractivity contribution >= 4 is 26.7 Å². The van der Waals surface area contributed by atoms with Crippen LogP contribution in [-0.4, -0.2) is 42.5 Å². The summed E-state index contributed by atoms with van der Waals surface area (Å²) in [6, 6.07) is 7.92. The molecule has 7 heteroatoms. The zero-order valence-electron chi connectivity index (χ0n) is 12.0. The van der Waals surface area contributed by atoms with Gasteiger partial charge in [0.05, 0.1) is 0 Å². The molecule has 1 aliphatic rings. The number of benzene rings is 1. The highest BCUT2D eigenvalue weighted by Gasteiger charge is 2.36. The lowest BCUT2D eigenvalue weighted by atomic mass is 10.1. The van der Waals surface area contributed by atoms with Crippen LogP contribution >= 0.6 is 0 Å². The molecule has 1 aliphatic heterocycles. The number of aromatic nitrogens is 1. The highest BCUT2D eigenvalue weighted by atomic mass is 32.2. The van der Waals surface area contributed by atoms with E-state index in [9.17, 15) is 13.2 Å². The molecular weight excluding hydrogens is 302 g/mol. The summed E-state index contributed by atoms with van der Waals surface area (Å²) >= 11 is 0. The van der Waals surface area contributed by atoms with E-state index in [1.807, 2.05) is 24.3 Å². The molecule has 1 saturated heterocycles. The Kier molecular flexibility index (Phi) is 3.84. The second-order valence-corrected chi connectivity index (χ2v) is 7.37. The quantitative estimate of drug-likeness (QED) is 0.896. The predicted octanol–water partition coefficient (Wildman–Crippen LogP) is 0.667. The van der Waals surface area contributed by atoms with E-state index < -0.39 is 15.3 Å². The Hall–Kier alpha value is -1.99. The Morgan fingerprint density at radius 3 is 2.77 bits per heavy atom. The summed E-state index contributed by atoms with van der Waals surface area (Å²) in [5.41, 5.74) is 1.05. The molecule has 0 aliphatic carbocycles. The number of rotatable bonds is 4. The number of hydrogen-bond acceptors (Lipinski definition) is 4. The third-order valence-electron chi connectivity index (χ3n) is 4.05. The van der Waals surface area contributed by atoms with E-state index in [4.69, 9.17) is 5.14 Å². The van der Waals surface area contributed by atoms with Crippen molar-refractivity contribution in [3.63, 3.8) is 0 Å². The first-order valence-corrected chi connectivity index (χ1v) is 8.67. The first-order chi connectivity index (χ1) is 10.4. The molecule has 1 aromatic heterocycles. The molecule has 1 fully saturated rings. The van der Waals surface area contributed by atoms with Crippen LogP contribution in [0, 0.1) is 0 Å². The average molecular weight is 319 g/mol. The van der Waals surface area contributed by atoms with E-state index >= 15 is 0 Å². The molecule has 1 unspecified atom stereocenters. The maximum Gasteiger partial charge on any atom is 0.224 e. The van der Waals surface area contributed by atoms with E-state index in [1.165, 1.54) is 0 Å². The molecule has 2 N–H and O–H groups in total. The van der Waals surface area contributed by atoms with Crippen LogP contribution in [0.25, 0.3) is 10.8 Å². The van der Waals surface area contributed by atoms with Crippen molar-refractivity contribution in [2.24, 2.45) is 5.14 Å². The minimum Gasteiger partial charge on any atom is -0.341 e. The second-order valence-electron chi connectivity index (χ2n) is 5.52. The largest absolute Gasteiger partial charge is 0.341 e. The van der Waals surface area contributed by atoms with Gasteiger partial charge in [-0.3, -0.25) is 9.78 Å². The van der Waals surface area contributed by atoms with Crippen LogP contribution in [0.1, 0.15) is 12.0 Å². The summed E-state index contributed by atoms with van der Waals surface area (Å²) in [5, 5.41) is 6.50. The number of pyridine rings is 1. The molecule has 6 nitrogen and oxygen atoms in total. The normalized spacial score (nSPS) is 19.0. The Bertz CT molecular complexity index is 814. The Morgan fingerprint density at radius 2 is 2.05 bits per heavy atom. The number of primary sulfonamides is 1. The SMILES string of the molecule is NS(=O)(=O)C1CC(=O)N(CCc2cncc3ccccc23)C1. The second kappa shape index (κ2) is 5.66. The third kappa shape index (κ3) is 2.95. The van der Waals surface area contributed by atoms with Crippen molar-refractivity contribution in [2.75, 3.05) is 13.1 Å². The average Bonchev–Trinajstić information content (AvgIpc) is 2.86. The molecule has 1 atom stereocenters. The Labute approximate surface area is 129 Å². The van der Waals surface area contributed by atoms with Crippen LogP contribution in [0.4, 0.5) is 0 Å². The van der Waals surface area contributed by atoms with Gasteiger partial charge in [0, 0.05) is 37.3 Å². The topological polar surface area (TPSA) is 93.4 Å². The van der Waals surface area contributed by atoms with Gasteiger partial charge in [0.15, 0.2) is 0 Å². The molecule has 22 heavy (non-hydrogen) atoms. The van der Waals surface area contributed by atoms with Crippen molar-refractivity contribution in [3.05, 3.63) is 42.2 Å². The number of hydrogen-bond donors (Lipinski definition) is 1. The summed E-state index contributed by atoms with van der Waals surface area (Å²) in [4.78, 5) is 17.7. The molecule has 0 saturated carbocycles. The molecule has 1 amide bonds. The van der Waals surface area contributed by atoms with E-state index in [0.29, 0.717) is 13.0 Å². The van der Waals surface area contributed by atoms with Crippen molar-refractivity contribution in [2.45, 2.75) is 18.1 Å². The van der Waals surface area contributed by atoms with Crippen molar-refractivity contribution < 1.29 is 13.2 Å². The number of likely N-dealkylation sites (tertiary alicyclic amines) is 1. The van der Waals surface area contributed by atoms with Crippen LogP contribution in [0.15, 0.2) is 36.7 Å². The summed E-state index contributed by atoms with van der Waals surface area (Å²) in [5.74, 6) is -0.160. The van der Waals surface area contributed by atoms with E-state index in [2.05, 4.69) is 4.98 Å². The maximum atomic E-state index is 11.9. The molecule has 2 aromatic rings. The van der Waals surface area contributed by atoms with E-state index in [0.717, 1.165) is 16.3 Å². The minimum absolute atomic E-state index is 0.0212. The Morgan fingerprint density at radius 1 is 1.27 bits per heavy atom. The predicted molar refractivity (Wildman–Crippen MR) is 83.5 cm³/mol. The molecule has 2 heterocycles. The van der Waals surface area contributed by atoms with Gasteiger partial charge in [-0.25, -0.2) is 13.6 Å². The van der Waals surface area contributed by atoms with Crippen LogP contribution in [0.2, 0.25) is 0 Å². The van der Waals surface area contributed by atoms with Crippen LogP contribution in [-0.2, 0) is 21.2 Å². The van der Waals surface area contributed by atoms with E-state index in [-0.39, 0.29) is 18.9 Å². The van der Waals surface area contributed by atoms with Crippen LogP contribution in [0.3, 0.4) is 0 Å². The van der Waals surface area contributed by atoms with E-state index in [1.54, 1.807) is 17.3 Å². The summed E-state index contributed by atoms with van der Waals surface area (Å²) < 4.78 is 22.7. The standard InChI is InChI=1S/C15H17N3O3S/c16-22(20,21)13-7-15(19)18(10-13)6-5-12-9-17-8-11-3-1-2-4-14(11)12/h1-4,8-9,13H,5-7,10H2,(H2,16,20,21). The monoisotopic (exact) mass is 319 g/mol. The number of nitrogens with two attached hydrogens (primary N) is 1. The zero-order chi connectivity index (χ0) is 15.7. The highest BCUT2D eigenvalue weighted by Crippen LogP contribution is 2.20. The number of carbonyl (C=O) groups excluding carboxylic acids is 1. The number of sulfonamides is 1. The number of nitrogens with zero attached hydrogens (tertiary/aromatic N) is 2. The molecular formula is C15H17N3O3S. The first-order valence-electron chi connectivity index (χ1n) is 7.06. The van der Waals surface area contributed by atoms with Crippen molar-refractivity contribution in [3.8, 4) is 0 Å². The van der Waals surface area contributed by atoms with Gasteiger partial charge in [-0.15, -0.1) is 0 Å². The fraction of sp³-hybridized carbons (Fsp3) is 0.333. The lowest BCUT2D eigenvalue weighted by Gasteiger charge is -2.16. The molecule has 116 valence electrons. The van der Waals surface area contributed by atoms with Crippen molar-refractivity contribution in [1.82, 2.24) is 9.88 Å². The van der Waals surface area contributed by atoms with Gasteiger partial charge in [0.1, 0.15) is 5.25 Å². The van der Waals surface area contributed by atoms with Crippen molar-refractivity contribution in [1.29, 1.82) is 0 Å². The fourth-order valence-corrected chi connectivity index (χ4v) is 3.57. The molecule has 3 rings (SSSR count). The summed E-state index contributed by atoms with van der Waals surface area (Å²) in [6.07, 6.45) is 4.21. The highest BCUT2D eigenvalue weighted by molar-refractivity contribution is 7.89. The molecule has 0 bridgehead atoms. The fourth-order valence-electron chi connectivity index (χ4n) is 2.81. The lowest BCUT2D eigenvalue weighted by Crippen LogP contribution is -2.33. The van der Waals surface area contributed by atoms with Gasteiger partial charge in [0.2, 0.25) is 15.9 Å². The first kappa shape index (κ1) is 14.9.